The minimum Gasteiger partial charge on any atom is -0.266 e. The monoisotopic (exact) mass is 384 g/mol. The molecule has 0 aliphatic heterocycles. The smallest absolute Gasteiger partial charge is 0.266 e. The lowest BCUT2D eigenvalue weighted by Crippen LogP contribution is -2.23. The van der Waals surface area contributed by atoms with Crippen molar-refractivity contribution in [3.05, 3.63) is 73.7 Å². The predicted octanol–water partition coefficient (Wildman–Crippen LogP) is 2.52. The van der Waals surface area contributed by atoms with Crippen LogP contribution in [0.2, 0.25) is 0 Å². The maximum atomic E-state index is 12.5. The molecule has 23 heavy (non-hydrogen) atoms. The quantitative estimate of drug-likeness (QED) is 0.532. The van der Waals surface area contributed by atoms with E-state index in [0.717, 1.165) is 15.6 Å². The third-order valence-electron chi connectivity index (χ3n) is 3.29. The molecule has 0 saturated heterocycles. The molecule has 0 aliphatic carbocycles. The molecule has 0 unspecified atom stereocenters. The highest BCUT2D eigenvalue weighted by Gasteiger charge is 2.11. The number of nitrogens with zero attached hydrogens (tertiary/aromatic N) is 4. The van der Waals surface area contributed by atoms with Crippen molar-refractivity contribution in [3.63, 3.8) is 0 Å². The van der Waals surface area contributed by atoms with Crippen LogP contribution in [-0.2, 0) is 0 Å². The molecule has 5 nitrogen and oxygen atoms in total. The predicted molar refractivity (Wildman–Crippen MR) is 93.3 cm³/mol. The van der Waals surface area contributed by atoms with Gasteiger partial charge in [-0.15, -0.1) is 5.10 Å². The number of pyridine rings is 1. The van der Waals surface area contributed by atoms with Gasteiger partial charge >= 0.3 is 0 Å². The zero-order valence-electron chi connectivity index (χ0n) is 11.7. The molecular weight excluding hydrogens is 376 g/mol. The fourth-order valence-corrected chi connectivity index (χ4v) is 3.34. The molecule has 0 spiro atoms. The molecule has 3 heterocycles. The van der Waals surface area contributed by atoms with Crippen molar-refractivity contribution in [1.82, 2.24) is 19.6 Å². The highest BCUT2D eigenvalue weighted by atomic mass is 79.9. The molecule has 4 aromatic rings. The molecular formula is C16H9BrN4OS. The largest absolute Gasteiger partial charge is 0.291 e. The topological polar surface area (TPSA) is 60.2 Å². The Morgan fingerprint density at radius 1 is 1.09 bits per heavy atom. The third-order valence-corrected chi connectivity index (χ3v) is 4.78. The fourth-order valence-electron chi connectivity index (χ4n) is 2.17. The second kappa shape index (κ2) is 5.68. The van der Waals surface area contributed by atoms with Crippen LogP contribution in [-0.4, -0.2) is 19.6 Å². The van der Waals surface area contributed by atoms with Gasteiger partial charge in [0, 0.05) is 22.4 Å². The molecule has 1 aromatic carbocycles. The minimum atomic E-state index is -0.152. The summed E-state index contributed by atoms with van der Waals surface area (Å²) in [4.78, 5) is 21.5. The van der Waals surface area contributed by atoms with Gasteiger partial charge in [0.15, 0.2) is 5.82 Å². The highest BCUT2D eigenvalue weighted by molar-refractivity contribution is 9.10. The number of thiazole rings is 1. The molecule has 7 heteroatoms. The Bertz CT molecular complexity index is 1090. The van der Waals surface area contributed by atoms with Gasteiger partial charge in [0.05, 0.1) is 4.53 Å². The average molecular weight is 385 g/mol. The third kappa shape index (κ3) is 2.69. The van der Waals surface area contributed by atoms with Crippen LogP contribution in [0.4, 0.5) is 0 Å². The molecule has 0 radical (unpaired) electrons. The number of benzene rings is 1. The molecule has 0 fully saturated rings. The van der Waals surface area contributed by atoms with E-state index in [2.05, 4.69) is 31.0 Å². The summed E-state index contributed by atoms with van der Waals surface area (Å²) in [5.41, 5.74) is 1.65. The highest BCUT2D eigenvalue weighted by Crippen LogP contribution is 2.15. The lowest BCUT2D eigenvalue weighted by Gasteiger charge is -1.92. The van der Waals surface area contributed by atoms with Crippen LogP contribution >= 0.6 is 27.3 Å². The second-order valence-corrected chi connectivity index (χ2v) is 6.76. The van der Waals surface area contributed by atoms with Gasteiger partial charge in [-0.25, -0.2) is 0 Å². The van der Waals surface area contributed by atoms with Crippen molar-refractivity contribution >= 4 is 38.3 Å². The standard InChI is InChI=1S/C16H9BrN4OS/c17-12-3-1-10(2-4-12)9-13-15(22)21-16(23-13)19-14(20-21)11-5-7-18-8-6-11/h1-9H/b13-9-. The number of rotatable bonds is 2. The summed E-state index contributed by atoms with van der Waals surface area (Å²) < 4.78 is 2.97. The first-order valence-corrected chi connectivity index (χ1v) is 8.39. The lowest BCUT2D eigenvalue weighted by atomic mass is 10.2. The number of hydrogen-bond donors (Lipinski definition) is 0. The molecule has 0 bridgehead atoms. The Kier molecular flexibility index (Phi) is 3.51. The van der Waals surface area contributed by atoms with Crippen LogP contribution in [0.3, 0.4) is 0 Å². The first-order valence-electron chi connectivity index (χ1n) is 6.78. The van der Waals surface area contributed by atoms with E-state index in [4.69, 9.17) is 0 Å². The Labute approximate surface area is 143 Å². The zero-order valence-corrected chi connectivity index (χ0v) is 14.1. The van der Waals surface area contributed by atoms with E-state index in [9.17, 15) is 4.79 Å². The van der Waals surface area contributed by atoms with Crippen LogP contribution < -0.4 is 10.1 Å². The van der Waals surface area contributed by atoms with Crippen LogP contribution in [0.1, 0.15) is 5.56 Å². The summed E-state index contributed by atoms with van der Waals surface area (Å²) in [5, 5.41) is 4.31. The Hall–Kier alpha value is -2.38. The van der Waals surface area contributed by atoms with Crippen molar-refractivity contribution in [2.45, 2.75) is 0 Å². The molecule has 0 amide bonds. The maximum absolute atomic E-state index is 12.5. The molecule has 0 saturated carbocycles. The molecule has 3 aromatic heterocycles. The number of fused-ring (bicyclic) bond motifs is 1. The Balaban J connectivity index is 1.82. The summed E-state index contributed by atoms with van der Waals surface area (Å²) in [5.74, 6) is 0.533. The van der Waals surface area contributed by atoms with Crippen LogP contribution in [0.15, 0.2) is 58.1 Å². The van der Waals surface area contributed by atoms with Crippen molar-refractivity contribution in [2.75, 3.05) is 0 Å². The summed E-state index contributed by atoms with van der Waals surface area (Å²) >= 11 is 4.73. The van der Waals surface area contributed by atoms with E-state index in [-0.39, 0.29) is 5.56 Å². The van der Waals surface area contributed by atoms with Gasteiger partial charge in [0.2, 0.25) is 4.96 Å². The van der Waals surface area contributed by atoms with Gasteiger partial charge in [0.1, 0.15) is 0 Å². The van der Waals surface area contributed by atoms with Gasteiger partial charge in [-0.05, 0) is 35.9 Å². The fraction of sp³-hybridized carbons (Fsp3) is 0. The number of hydrogen-bond acceptors (Lipinski definition) is 5. The van der Waals surface area contributed by atoms with Gasteiger partial charge in [-0.3, -0.25) is 9.78 Å². The zero-order chi connectivity index (χ0) is 15.8. The molecule has 0 N–H and O–H groups in total. The average Bonchev–Trinajstić information content (AvgIpc) is 3.11. The van der Waals surface area contributed by atoms with Crippen LogP contribution in [0.5, 0.6) is 0 Å². The molecule has 0 aliphatic rings. The summed E-state index contributed by atoms with van der Waals surface area (Å²) in [6.45, 7) is 0. The van der Waals surface area contributed by atoms with Gasteiger partial charge in [-0.1, -0.05) is 39.4 Å². The number of halogens is 1. The van der Waals surface area contributed by atoms with E-state index in [1.54, 1.807) is 12.4 Å². The van der Waals surface area contributed by atoms with E-state index in [1.807, 2.05) is 42.5 Å². The summed E-state index contributed by atoms with van der Waals surface area (Å²) in [6.07, 6.45) is 5.20. The van der Waals surface area contributed by atoms with E-state index >= 15 is 0 Å². The van der Waals surface area contributed by atoms with Gasteiger partial charge in [0.25, 0.3) is 5.56 Å². The SMILES string of the molecule is O=c1/c(=C/c2ccc(Br)cc2)sc2nc(-c3ccncc3)nn12. The molecule has 0 atom stereocenters. The second-order valence-electron chi connectivity index (χ2n) is 4.83. The van der Waals surface area contributed by atoms with Gasteiger partial charge < -0.3 is 0 Å². The summed E-state index contributed by atoms with van der Waals surface area (Å²) in [7, 11) is 0. The van der Waals surface area contributed by atoms with E-state index < -0.39 is 0 Å². The van der Waals surface area contributed by atoms with Gasteiger partial charge in [-0.2, -0.15) is 9.50 Å². The van der Waals surface area contributed by atoms with Crippen LogP contribution in [0.25, 0.3) is 22.4 Å². The first kappa shape index (κ1) is 14.2. The van der Waals surface area contributed by atoms with E-state index in [0.29, 0.717) is 15.3 Å². The lowest BCUT2D eigenvalue weighted by molar-refractivity contribution is 0.936. The summed E-state index contributed by atoms with van der Waals surface area (Å²) in [6, 6.07) is 11.4. The normalized spacial score (nSPS) is 12.1. The van der Waals surface area contributed by atoms with Crippen molar-refractivity contribution < 1.29 is 0 Å². The number of aromatic nitrogens is 4. The first-order chi connectivity index (χ1) is 11.2. The van der Waals surface area contributed by atoms with Crippen LogP contribution in [0, 0.1) is 0 Å². The minimum absolute atomic E-state index is 0.152. The molecule has 4 rings (SSSR count). The van der Waals surface area contributed by atoms with Crippen molar-refractivity contribution in [1.29, 1.82) is 0 Å². The Morgan fingerprint density at radius 3 is 2.52 bits per heavy atom. The molecule has 112 valence electrons. The Morgan fingerprint density at radius 2 is 1.83 bits per heavy atom. The maximum Gasteiger partial charge on any atom is 0.291 e. The van der Waals surface area contributed by atoms with Crippen molar-refractivity contribution in [3.8, 4) is 11.4 Å². The van der Waals surface area contributed by atoms with E-state index in [1.165, 1.54) is 15.9 Å². The van der Waals surface area contributed by atoms with Crippen molar-refractivity contribution in [2.24, 2.45) is 0 Å².